The first kappa shape index (κ1) is 12.9. The van der Waals surface area contributed by atoms with Crippen LogP contribution >= 0.6 is 0 Å². The summed E-state index contributed by atoms with van der Waals surface area (Å²) in [6.07, 6.45) is 1.42. The van der Waals surface area contributed by atoms with Gasteiger partial charge >= 0.3 is 0 Å². The van der Waals surface area contributed by atoms with Crippen LogP contribution in [-0.4, -0.2) is 44.2 Å². The van der Waals surface area contributed by atoms with Gasteiger partial charge in [-0.05, 0) is 26.8 Å². The van der Waals surface area contributed by atoms with Crippen molar-refractivity contribution in [3.05, 3.63) is 0 Å². The molecule has 0 aliphatic carbocycles. The van der Waals surface area contributed by atoms with E-state index < -0.39 is 15.9 Å². The van der Waals surface area contributed by atoms with E-state index in [-0.39, 0.29) is 11.8 Å². The van der Waals surface area contributed by atoms with Gasteiger partial charge < -0.3 is 10.4 Å². The Morgan fingerprint density at radius 1 is 1.38 bits per heavy atom. The Labute approximate surface area is 80.3 Å². The number of aliphatic hydroxyl groups is 1. The fourth-order valence-corrected chi connectivity index (χ4v) is 1.50. The number of hydrogen-bond donors (Lipinski definition) is 2. The fourth-order valence-electron chi connectivity index (χ4n) is 0.835. The monoisotopic (exact) mass is 209 g/mol. The van der Waals surface area contributed by atoms with Crippen LogP contribution in [0.4, 0.5) is 0 Å². The molecule has 0 saturated carbocycles. The van der Waals surface area contributed by atoms with E-state index in [0.29, 0.717) is 13.0 Å². The Morgan fingerprint density at radius 2 is 1.92 bits per heavy atom. The lowest BCUT2D eigenvalue weighted by Gasteiger charge is -2.15. The number of aliphatic hydroxyl groups excluding tert-OH is 1. The standard InChI is InChI=1S/C8H19NO3S/c1-7(8(2)10)9-5-4-6-13(3,11)12/h7-10H,4-6H2,1-3H3. The van der Waals surface area contributed by atoms with Gasteiger partial charge in [0.25, 0.3) is 0 Å². The summed E-state index contributed by atoms with van der Waals surface area (Å²) in [4.78, 5) is 0. The van der Waals surface area contributed by atoms with E-state index in [1.165, 1.54) is 6.26 Å². The lowest BCUT2D eigenvalue weighted by molar-refractivity contribution is 0.153. The molecule has 0 spiro atoms. The van der Waals surface area contributed by atoms with E-state index in [9.17, 15) is 8.42 Å². The van der Waals surface area contributed by atoms with Gasteiger partial charge in [0.05, 0.1) is 11.9 Å². The first-order valence-corrected chi connectivity index (χ1v) is 6.48. The number of nitrogens with one attached hydrogen (secondary N) is 1. The van der Waals surface area contributed by atoms with E-state index >= 15 is 0 Å². The molecule has 0 aliphatic heterocycles. The minimum Gasteiger partial charge on any atom is -0.392 e. The Morgan fingerprint density at radius 3 is 2.31 bits per heavy atom. The average molecular weight is 209 g/mol. The normalized spacial score (nSPS) is 16.9. The van der Waals surface area contributed by atoms with Crippen LogP contribution in [0.25, 0.3) is 0 Å². The van der Waals surface area contributed by atoms with E-state index in [4.69, 9.17) is 5.11 Å². The molecule has 5 heteroatoms. The summed E-state index contributed by atoms with van der Waals surface area (Å²) in [5.74, 6) is 0.201. The molecule has 2 atom stereocenters. The molecule has 0 heterocycles. The molecule has 4 nitrogen and oxygen atoms in total. The highest BCUT2D eigenvalue weighted by atomic mass is 32.2. The third-order valence-electron chi connectivity index (χ3n) is 1.88. The number of sulfone groups is 1. The molecule has 2 unspecified atom stereocenters. The molecule has 0 aliphatic rings. The van der Waals surface area contributed by atoms with Crippen LogP contribution in [-0.2, 0) is 9.84 Å². The van der Waals surface area contributed by atoms with Crippen molar-refractivity contribution >= 4 is 9.84 Å². The summed E-state index contributed by atoms with van der Waals surface area (Å²) in [5.41, 5.74) is 0. The zero-order chi connectivity index (χ0) is 10.5. The third-order valence-corrected chi connectivity index (χ3v) is 2.91. The van der Waals surface area contributed by atoms with Gasteiger partial charge in [0.15, 0.2) is 0 Å². The quantitative estimate of drug-likeness (QED) is 0.594. The largest absolute Gasteiger partial charge is 0.392 e. The Hall–Kier alpha value is -0.130. The van der Waals surface area contributed by atoms with E-state index in [1.807, 2.05) is 6.92 Å². The predicted molar refractivity (Wildman–Crippen MR) is 53.5 cm³/mol. The molecule has 80 valence electrons. The molecule has 0 radical (unpaired) electrons. The smallest absolute Gasteiger partial charge is 0.147 e. The van der Waals surface area contributed by atoms with Gasteiger partial charge in [-0.25, -0.2) is 8.42 Å². The van der Waals surface area contributed by atoms with Gasteiger partial charge in [0.1, 0.15) is 9.84 Å². The van der Waals surface area contributed by atoms with Crippen LogP contribution in [0.2, 0.25) is 0 Å². The summed E-state index contributed by atoms with van der Waals surface area (Å²) in [6.45, 7) is 4.19. The van der Waals surface area contributed by atoms with Crippen LogP contribution in [0.5, 0.6) is 0 Å². The van der Waals surface area contributed by atoms with Crippen molar-refractivity contribution < 1.29 is 13.5 Å². The van der Waals surface area contributed by atoms with E-state index in [1.54, 1.807) is 6.92 Å². The van der Waals surface area contributed by atoms with Gasteiger partial charge in [-0.1, -0.05) is 0 Å². The number of hydrogen-bond acceptors (Lipinski definition) is 4. The van der Waals surface area contributed by atoms with E-state index in [0.717, 1.165) is 0 Å². The highest BCUT2D eigenvalue weighted by Crippen LogP contribution is 1.92. The van der Waals surface area contributed by atoms with Crippen molar-refractivity contribution in [3.63, 3.8) is 0 Å². The van der Waals surface area contributed by atoms with Gasteiger partial charge in [0.2, 0.25) is 0 Å². The zero-order valence-corrected chi connectivity index (χ0v) is 9.26. The molecule has 0 fully saturated rings. The maximum absolute atomic E-state index is 10.7. The lowest BCUT2D eigenvalue weighted by Crippen LogP contribution is -2.36. The minimum absolute atomic E-state index is 0.0135. The maximum atomic E-state index is 10.7. The van der Waals surface area contributed by atoms with Gasteiger partial charge in [-0.2, -0.15) is 0 Å². The Kier molecular flexibility index (Phi) is 5.51. The first-order valence-electron chi connectivity index (χ1n) is 4.42. The van der Waals surface area contributed by atoms with Crippen molar-refractivity contribution in [3.8, 4) is 0 Å². The average Bonchev–Trinajstić information content (AvgIpc) is 1.95. The number of rotatable bonds is 6. The lowest BCUT2D eigenvalue weighted by atomic mass is 10.2. The molecule has 0 aromatic heterocycles. The van der Waals surface area contributed by atoms with Crippen molar-refractivity contribution in [2.75, 3.05) is 18.6 Å². The van der Waals surface area contributed by atoms with Gasteiger partial charge in [-0.15, -0.1) is 0 Å². The second-order valence-electron chi connectivity index (χ2n) is 3.47. The molecule has 0 saturated heterocycles. The second kappa shape index (κ2) is 5.57. The van der Waals surface area contributed by atoms with Gasteiger partial charge in [0, 0.05) is 12.3 Å². The Bertz CT molecular complexity index is 224. The van der Waals surface area contributed by atoms with Crippen molar-refractivity contribution in [1.29, 1.82) is 0 Å². The molecular weight excluding hydrogens is 190 g/mol. The molecule has 0 rings (SSSR count). The molecular formula is C8H19NO3S. The van der Waals surface area contributed by atoms with Crippen LogP contribution in [0.1, 0.15) is 20.3 Å². The van der Waals surface area contributed by atoms with Crippen molar-refractivity contribution in [2.24, 2.45) is 0 Å². The predicted octanol–water partition coefficient (Wildman–Crippen LogP) is -0.220. The van der Waals surface area contributed by atoms with Crippen LogP contribution in [0.3, 0.4) is 0 Å². The molecule has 0 amide bonds. The first-order chi connectivity index (χ1) is 5.83. The van der Waals surface area contributed by atoms with Crippen LogP contribution < -0.4 is 5.32 Å². The molecule has 0 aromatic carbocycles. The summed E-state index contributed by atoms with van der Waals surface area (Å²) in [7, 11) is -2.84. The highest BCUT2D eigenvalue weighted by molar-refractivity contribution is 7.90. The summed E-state index contributed by atoms with van der Waals surface area (Å²) < 4.78 is 21.5. The zero-order valence-electron chi connectivity index (χ0n) is 8.45. The second-order valence-corrected chi connectivity index (χ2v) is 5.73. The van der Waals surface area contributed by atoms with E-state index in [2.05, 4.69) is 5.32 Å². The summed E-state index contributed by atoms with van der Waals surface area (Å²) in [5, 5.41) is 12.1. The SMILES string of the molecule is CC(O)C(C)NCCCS(C)(=O)=O. The van der Waals surface area contributed by atoms with Crippen LogP contribution in [0.15, 0.2) is 0 Å². The molecule has 2 N–H and O–H groups in total. The molecule has 0 bridgehead atoms. The fraction of sp³-hybridized carbons (Fsp3) is 1.00. The molecule has 0 aromatic rings. The van der Waals surface area contributed by atoms with Crippen LogP contribution in [0, 0.1) is 0 Å². The van der Waals surface area contributed by atoms with Crippen molar-refractivity contribution in [2.45, 2.75) is 32.4 Å². The third kappa shape index (κ3) is 8.21. The van der Waals surface area contributed by atoms with Crippen molar-refractivity contribution in [1.82, 2.24) is 5.32 Å². The summed E-state index contributed by atoms with van der Waals surface area (Å²) in [6, 6.07) is 0.0135. The Balaban J connectivity index is 3.47. The van der Waals surface area contributed by atoms with Gasteiger partial charge in [-0.3, -0.25) is 0 Å². The maximum Gasteiger partial charge on any atom is 0.147 e. The summed E-state index contributed by atoms with van der Waals surface area (Å²) >= 11 is 0. The highest BCUT2D eigenvalue weighted by Gasteiger charge is 2.07. The molecule has 13 heavy (non-hydrogen) atoms. The topological polar surface area (TPSA) is 66.4 Å². The minimum atomic E-state index is -2.84.